The second kappa shape index (κ2) is 12.8. The molecule has 1 fully saturated rings. The number of nitrogens with zero attached hydrogens (tertiary/aromatic N) is 2. The van der Waals surface area contributed by atoms with Crippen LogP contribution in [0.15, 0.2) is 83.9 Å². The van der Waals surface area contributed by atoms with Gasteiger partial charge in [-0.3, -0.25) is 0 Å². The zero-order valence-corrected chi connectivity index (χ0v) is 23.4. The largest absolute Gasteiger partial charge is 0.494 e. The quantitative estimate of drug-likeness (QED) is 0.251. The third-order valence-corrected chi connectivity index (χ3v) is 8.88. The molecular weight excluding hydrogens is 508 g/mol. The zero-order chi connectivity index (χ0) is 27.1. The lowest BCUT2D eigenvalue weighted by Crippen LogP contribution is -2.44. The summed E-state index contributed by atoms with van der Waals surface area (Å²) in [7, 11) is -1.41. The summed E-state index contributed by atoms with van der Waals surface area (Å²) in [5.41, 5.74) is 4.64. The highest BCUT2D eigenvalue weighted by molar-refractivity contribution is 7.89. The number of hydrogen-bond donors (Lipinski definition) is 2. The molecule has 7 nitrogen and oxygen atoms in total. The van der Waals surface area contributed by atoms with Gasteiger partial charge in [-0.15, -0.1) is 0 Å². The molecule has 4 aromatic rings. The summed E-state index contributed by atoms with van der Waals surface area (Å²) in [6.45, 7) is 6.46. The predicted octanol–water partition coefficient (Wildman–Crippen LogP) is 4.76. The van der Waals surface area contributed by atoms with E-state index in [1.165, 1.54) is 22.1 Å². The van der Waals surface area contributed by atoms with Gasteiger partial charge in [-0.1, -0.05) is 36.4 Å². The monoisotopic (exact) mass is 546 g/mol. The molecule has 0 amide bonds. The van der Waals surface area contributed by atoms with E-state index in [0.717, 1.165) is 51.1 Å². The first-order chi connectivity index (χ1) is 19.0. The lowest BCUT2D eigenvalue weighted by Gasteiger charge is -2.32. The van der Waals surface area contributed by atoms with E-state index in [1.807, 2.05) is 24.4 Å². The summed E-state index contributed by atoms with van der Waals surface area (Å²) >= 11 is 0. The number of nitrogens with one attached hydrogen (secondary N) is 2. The molecule has 1 aliphatic heterocycles. The van der Waals surface area contributed by atoms with Crippen molar-refractivity contribution < 1.29 is 13.2 Å². The fraction of sp³-hybridized carbons (Fsp3) is 0.355. The summed E-state index contributed by atoms with van der Waals surface area (Å²) in [4.78, 5) is 8.41. The minimum absolute atomic E-state index is 0.256. The standard InChI is InChI=1S/C31H38N4O3S/c1-34-18-20-35(21-19-34)17-6-22-38-28-11-13-29(14-12-28)39(36,37)33-16-5-9-27-24-32-31-15-10-26(23-30(27)31)25-7-3-2-4-8-25/h2-4,7-8,10-15,23-24,32-33H,5-6,9,16-22H2,1H3. The maximum Gasteiger partial charge on any atom is 0.240 e. The number of likely N-dealkylation sites (N-methyl/N-ethyl adjacent to an activating group) is 1. The van der Waals surface area contributed by atoms with Gasteiger partial charge in [0.25, 0.3) is 0 Å². The van der Waals surface area contributed by atoms with Gasteiger partial charge in [0.2, 0.25) is 10.0 Å². The number of aromatic nitrogens is 1. The van der Waals surface area contributed by atoms with Crippen molar-refractivity contribution in [2.24, 2.45) is 0 Å². The Labute approximate surface area is 231 Å². The molecule has 8 heteroatoms. The lowest BCUT2D eigenvalue weighted by molar-refractivity contribution is 0.145. The number of ether oxygens (including phenoxy) is 1. The SMILES string of the molecule is CN1CCN(CCCOc2ccc(S(=O)(=O)NCCCc3c[nH]c4ccc(-c5ccccc5)cc34)cc2)CC1. The summed E-state index contributed by atoms with van der Waals surface area (Å²) in [5, 5.41) is 1.18. The van der Waals surface area contributed by atoms with Gasteiger partial charge in [-0.05, 0) is 79.4 Å². The Morgan fingerprint density at radius 3 is 2.44 bits per heavy atom. The molecule has 0 saturated carbocycles. The van der Waals surface area contributed by atoms with Crippen molar-refractivity contribution in [3.8, 4) is 16.9 Å². The predicted molar refractivity (Wildman–Crippen MR) is 158 cm³/mol. The molecule has 2 N–H and O–H groups in total. The van der Waals surface area contributed by atoms with Crippen molar-refractivity contribution in [3.63, 3.8) is 0 Å². The second-order valence-corrected chi connectivity index (χ2v) is 12.0. The van der Waals surface area contributed by atoms with Gasteiger partial charge in [0, 0.05) is 56.4 Å². The van der Waals surface area contributed by atoms with Gasteiger partial charge in [0.15, 0.2) is 0 Å². The Hall–Kier alpha value is -3.17. The van der Waals surface area contributed by atoms with Gasteiger partial charge in [0.05, 0.1) is 11.5 Å². The van der Waals surface area contributed by atoms with Gasteiger partial charge in [-0.25, -0.2) is 13.1 Å². The third-order valence-electron chi connectivity index (χ3n) is 7.41. The molecule has 0 aliphatic carbocycles. The molecule has 206 valence electrons. The molecule has 1 aliphatic rings. The van der Waals surface area contributed by atoms with Crippen molar-refractivity contribution in [2.45, 2.75) is 24.2 Å². The van der Waals surface area contributed by atoms with Crippen molar-refractivity contribution in [3.05, 3.63) is 84.6 Å². The second-order valence-electron chi connectivity index (χ2n) is 10.3. The molecular formula is C31H38N4O3S. The number of rotatable bonds is 12. The van der Waals surface area contributed by atoms with Crippen LogP contribution in [0, 0.1) is 0 Å². The van der Waals surface area contributed by atoms with Gasteiger partial charge in [-0.2, -0.15) is 0 Å². The number of piperazine rings is 1. The maximum absolute atomic E-state index is 12.8. The Morgan fingerprint density at radius 2 is 1.67 bits per heavy atom. The van der Waals surface area contributed by atoms with E-state index in [4.69, 9.17) is 4.74 Å². The molecule has 0 unspecified atom stereocenters. The average Bonchev–Trinajstić information content (AvgIpc) is 3.37. The van der Waals surface area contributed by atoms with Gasteiger partial charge >= 0.3 is 0 Å². The fourth-order valence-corrected chi connectivity index (χ4v) is 6.10. The third kappa shape index (κ3) is 7.28. The molecule has 1 saturated heterocycles. The first-order valence-electron chi connectivity index (χ1n) is 13.8. The first kappa shape index (κ1) is 27.4. The lowest BCUT2D eigenvalue weighted by atomic mass is 10.0. The van der Waals surface area contributed by atoms with Crippen molar-refractivity contribution in [1.82, 2.24) is 19.5 Å². The minimum Gasteiger partial charge on any atom is -0.494 e. The van der Waals surface area contributed by atoms with Gasteiger partial charge < -0.3 is 19.5 Å². The highest BCUT2D eigenvalue weighted by Gasteiger charge is 2.15. The number of H-pyrrole nitrogens is 1. The maximum atomic E-state index is 12.8. The molecule has 0 bridgehead atoms. The molecule has 0 spiro atoms. The Bertz CT molecular complexity index is 1440. The number of sulfonamides is 1. The number of hydrogen-bond acceptors (Lipinski definition) is 5. The zero-order valence-electron chi connectivity index (χ0n) is 22.6. The van der Waals surface area contributed by atoms with Crippen LogP contribution in [0.5, 0.6) is 5.75 Å². The van der Waals surface area contributed by atoms with Crippen LogP contribution in [0.1, 0.15) is 18.4 Å². The van der Waals surface area contributed by atoms with Gasteiger partial charge in [0.1, 0.15) is 5.75 Å². The summed E-state index contributed by atoms with van der Waals surface area (Å²) in [6.07, 6.45) is 4.46. The van der Waals surface area contributed by atoms with E-state index in [-0.39, 0.29) is 4.90 Å². The van der Waals surface area contributed by atoms with Crippen LogP contribution in [0.25, 0.3) is 22.0 Å². The Balaban J connectivity index is 1.07. The first-order valence-corrected chi connectivity index (χ1v) is 15.3. The highest BCUT2D eigenvalue weighted by atomic mass is 32.2. The van der Waals surface area contributed by atoms with E-state index in [1.54, 1.807) is 24.3 Å². The number of benzene rings is 3. The number of aromatic amines is 1. The van der Waals surface area contributed by atoms with E-state index < -0.39 is 10.0 Å². The van der Waals surface area contributed by atoms with Crippen LogP contribution in [0.3, 0.4) is 0 Å². The van der Waals surface area contributed by atoms with E-state index in [9.17, 15) is 8.42 Å². The average molecular weight is 547 g/mol. The molecule has 5 rings (SSSR count). The minimum atomic E-state index is -3.57. The van der Waals surface area contributed by atoms with E-state index >= 15 is 0 Å². The summed E-state index contributed by atoms with van der Waals surface area (Å²) < 4.78 is 34.2. The summed E-state index contributed by atoms with van der Waals surface area (Å²) in [5.74, 6) is 0.696. The number of fused-ring (bicyclic) bond motifs is 1. The molecule has 3 aromatic carbocycles. The van der Waals surface area contributed by atoms with Crippen LogP contribution in [0.4, 0.5) is 0 Å². The number of aryl methyl sites for hydroxylation is 1. The normalized spacial score (nSPS) is 15.1. The van der Waals surface area contributed by atoms with Crippen LogP contribution in [-0.2, 0) is 16.4 Å². The van der Waals surface area contributed by atoms with Crippen LogP contribution in [0.2, 0.25) is 0 Å². The molecule has 39 heavy (non-hydrogen) atoms. The van der Waals surface area contributed by atoms with Crippen molar-refractivity contribution in [1.29, 1.82) is 0 Å². The molecule has 2 heterocycles. The molecule has 0 atom stereocenters. The summed E-state index contributed by atoms with van der Waals surface area (Å²) in [6, 6.07) is 23.4. The van der Waals surface area contributed by atoms with E-state index in [0.29, 0.717) is 25.3 Å². The topological polar surface area (TPSA) is 77.7 Å². The highest BCUT2D eigenvalue weighted by Crippen LogP contribution is 2.27. The van der Waals surface area contributed by atoms with E-state index in [2.05, 4.69) is 56.9 Å². The molecule has 1 aromatic heterocycles. The smallest absolute Gasteiger partial charge is 0.240 e. The Morgan fingerprint density at radius 1 is 0.897 bits per heavy atom. The molecule has 0 radical (unpaired) electrons. The van der Waals surface area contributed by atoms with Crippen LogP contribution >= 0.6 is 0 Å². The van der Waals surface area contributed by atoms with Crippen molar-refractivity contribution in [2.75, 3.05) is 52.9 Å². The Kier molecular flexibility index (Phi) is 8.98. The van der Waals surface area contributed by atoms with Crippen molar-refractivity contribution >= 4 is 20.9 Å². The van der Waals surface area contributed by atoms with Crippen LogP contribution in [-0.4, -0.2) is 76.1 Å². The van der Waals surface area contributed by atoms with Crippen LogP contribution < -0.4 is 9.46 Å². The fourth-order valence-electron chi connectivity index (χ4n) is 5.03.